The van der Waals surface area contributed by atoms with E-state index >= 15 is 0 Å². The number of nitrogens with zero attached hydrogens (tertiary/aromatic N) is 3. The second-order valence-electron chi connectivity index (χ2n) is 4.40. The summed E-state index contributed by atoms with van der Waals surface area (Å²) in [5, 5.41) is 14.8. The van der Waals surface area contributed by atoms with Crippen molar-refractivity contribution >= 4 is 51.6 Å². The van der Waals surface area contributed by atoms with E-state index in [1.54, 1.807) is 26.2 Å². The van der Waals surface area contributed by atoms with Gasteiger partial charge in [0.25, 0.3) is 0 Å². The van der Waals surface area contributed by atoms with Crippen LogP contribution in [0.15, 0.2) is 22.7 Å². The van der Waals surface area contributed by atoms with E-state index in [0.29, 0.717) is 29.1 Å². The Balaban J connectivity index is 1.84. The molecule has 10 heteroatoms. The number of aromatic nitrogens is 3. The number of carbonyl (C=O) groups is 1. The molecule has 0 aliphatic carbocycles. The molecule has 0 aliphatic rings. The lowest BCUT2D eigenvalue weighted by molar-refractivity contribution is -0.115. The predicted octanol–water partition coefficient (Wildman–Crippen LogP) is 2.76. The number of thioether (sulfide) groups is 1. The normalized spacial score (nSPS) is 12.0. The molecular weight excluding hydrogens is 358 g/mol. The number of hydrogen-bond acceptors (Lipinski definition) is 8. The van der Waals surface area contributed by atoms with Crippen LogP contribution in [0.1, 0.15) is 6.92 Å². The van der Waals surface area contributed by atoms with Crippen molar-refractivity contribution in [1.29, 1.82) is 0 Å². The zero-order chi connectivity index (χ0) is 16.7. The molecule has 0 saturated heterocycles. The van der Waals surface area contributed by atoms with Gasteiger partial charge in [-0.05, 0) is 19.1 Å². The molecule has 0 spiro atoms. The van der Waals surface area contributed by atoms with Crippen LogP contribution in [0.25, 0.3) is 0 Å². The van der Waals surface area contributed by atoms with E-state index in [-0.39, 0.29) is 11.2 Å². The molecule has 23 heavy (non-hydrogen) atoms. The highest BCUT2D eigenvalue weighted by atomic mass is 35.5. The van der Waals surface area contributed by atoms with Crippen LogP contribution >= 0.6 is 34.7 Å². The summed E-state index contributed by atoms with van der Waals surface area (Å²) in [5.41, 5.74) is 0. The lowest BCUT2D eigenvalue weighted by atomic mass is 10.4. The van der Waals surface area contributed by atoms with Crippen LogP contribution in [0.5, 0.6) is 0 Å². The van der Waals surface area contributed by atoms with Gasteiger partial charge < -0.3 is 15.4 Å². The summed E-state index contributed by atoms with van der Waals surface area (Å²) >= 11 is 8.50. The highest BCUT2D eigenvalue weighted by Crippen LogP contribution is 2.29. The molecule has 1 amide bonds. The number of hydrogen-bond donors (Lipinski definition) is 2. The molecule has 2 rings (SSSR count). The smallest absolute Gasteiger partial charge is 0.238 e. The fourth-order valence-corrected chi connectivity index (χ4v) is 3.50. The molecule has 0 aromatic carbocycles. The van der Waals surface area contributed by atoms with E-state index in [2.05, 4.69) is 25.8 Å². The molecule has 2 heterocycles. The van der Waals surface area contributed by atoms with Gasteiger partial charge in [-0.2, -0.15) is 0 Å². The first kappa shape index (κ1) is 17.9. The van der Waals surface area contributed by atoms with Gasteiger partial charge in [-0.25, -0.2) is 4.98 Å². The molecule has 0 fully saturated rings. The third-order valence-corrected chi connectivity index (χ3v) is 4.90. The standard InChI is InChI=1S/C13H16ClN5O2S2/c1-8(11(20)17-10-4-3-9(14)7-16-10)22-13-19-18-12(23-13)15-5-6-21-2/h3-4,7-8H,5-6H2,1-2H3,(H,15,18)(H,16,17,20)/t8-/m1/s1. The van der Waals surface area contributed by atoms with Gasteiger partial charge in [-0.3, -0.25) is 4.79 Å². The van der Waals surface area contributed by atoms with Gasteiger partial charge >= 0.3 is 0 Å². The number of rotatable bonds is 8. The second-order valence-corrected chi connectivity index (χ2v) is 7.41. The van der Waals surface area contributed by atoms with Crippen molar-refractivity contribution in [2.24, 2.45) is 0 Å². The van der Waals surface area contributed by atoms with Crippen molar-refractivity contribution in [3.63, 3.8) is 0 Å². The van der Waals surface area contributed by atoms with Crippen molar-refractivity contribution in [1.82, 2.24) is 15.2 Å². The number of anilines is 2. The summed E-state index contributed by atoms with van der Waals surface area (Å²) in [6.45, 7) is 3.05. The molecule has 0 bridgehead atoms. The van der Waals surface area contributed by atoms with E-state index in [1.807, 2.05) is 0 Å². The third-order valence-electron chi connectivity index (χ3n) is 2.61. The zero-order valence-electron chi connectivity index (χ0n) is 12.6. The number of methoxy groups -OCH3 is 1. The average Bonchev–Trinajstić information content (AvgIpc) is 2.97. The topological polar surface area (TPSA) is 89.0 Å². The Kier molecular flexibility index (Phi) is 7.03. The molecule has 2 aromatic heterocycles. The molecule has 2 aromatic rings. The lowest BCUT2D eigenvalue weighted by Crippen LogP contribution is -2.22. The number of pyridine rings is 1. The Bertz CT molecular complexity index is 638. The van der Waals surface area contributed by atoms with Gasteiger partial charge in [0.1, 0.15) is 5.82 Å². The molecule has 0 unspecified atom stereocenters. The van der Waals surface area contributed by atoms with Crippen molar-refractivity contribution in [2.75, 3.05) is 30.9 Å². The maximum absolute atomic E-state index is 12.1. The maximum Gasteiger partial charge on any atom is 0.238 e. The molecule has 0 radical (unpaired) electrons. The Morgan fingerprint density at radius 1 is 1.48 bits per heavy atom. The summed E-state index contributed by atoms with van der Waals surface area (Å²) in [6, 6.07) is 3.32. The van der Waals surface area contributed by atoms with Crippen molar-refractivity contribution in [3.05, 3.63) is 23.4 Å². The fourth-order valence-electron chi connectivity index (χ4n) is 1.47. The number of carbonyl (C=O) groups excluding carboxylic acids is 1. The Hall–Kier alpha value is -1.42. The fraction of sp³-hybridized carbons (Fsp3) is 0.385. The van der Waals surface area contributed by atoms with E-state index in [0.717, 1.165) is 4.34 Å². The Labute approximate surface area is 147 Å². The average molecular weight is 374 g/mol. The van der Waals surface area contributed by atoms with E-state index in [9.17, 15) is 4.79 Å². The number of amides is 1. The Morgan fingerprint density at radius 2 is 2.30 bits per heavy atom. The van der Waals surface area contributed by atoms with E-state index in [1.165, 1.54) is 29.3 Å². The lowest BCUT2D eigenvalue weighted by Gasteiger charge is -2.09. The highest BCUT2D eigenvalue weighted by Gasteiger charge is 2.17. The van der Waals surface area contributed by atoms with E-state index < -0.39 is 0 Å². The van der Waals surface area contributed by atoms with Crippen molar-refractivity contribution < 1.29 is 9.53 Å². The van der Waals surface area contributed by atoms with Crippen LogP contribution in [0.2, 0.25) is 5.02 Å². The number of nitrogens with one attached hydrogen (secondary N) is 2. The molecule has 2 N–H and O–H groups in total. The SMILES string of the molecule is COCCNc1nnc(S[C@H](C)C(=O)Nc2ccc(Cl)cn2)s1. The quantitative estimate of drug-likeness (QED) is 0.543. The molecule has 1 atom stereocenters. The van der Waals surface area contributed by atoms with Gasteiger partial charge in [-0.15, -0.1) is 10.2 Å². The molecule has 7 nitrogen and oxygen atoms in total. The summed E-state index contributed by atoms with van der Waals surface area (Å²) in [6.07, 6.45) is 1.48. The molecule has 0 saturated carbocycles. The van der Waals surface area contributed by atoms with Crippen LogP contribution in [0.3, 0.4) is 0 Å². The van der Waals surface area contributed by atoms with Gasteiger partial charge in [0.2, 0.25) is 11.0 Å². The first-order valence-corrected chi connectivity index (χ1v) is 8.81. The minimum Gasteiger partial charge on any atom is -0.383 e. The van der Waals surface area contributed by atoms with Gasteiger partial charge in [0.15, 0.2) is 4.34 Å². The Morgan fingerprint density at radius 3 is 3.00 bits per heavy atom. The number of ether oxygens (including phenoxy) is 1. The predicted molar refractivity (Wildman–Crippen MR) is 93.5 cm³/mol. The third kappa shape index (κ3) is 5.94. The summed E-state index contributed by atoms with van der Waals surface area (Å²) in [4.78, 5) is 16.2. The van der Waals surface area contributed by atoms with Crippen LogP contribution < -0.4 is 10.6 Å². The largest absolute Gasteiger partial charge is 0.383 e. The van der Waals surface area contributed by atoms with Crippen molar-refractivity contribution in [2.45, 2.75) is 16.5 Å². The van der Waals surface area contributed by atoms with Gasteiger partial charge in [0, 0.05) is 19.9 Å². The number of halogens is 1. The van der Waals surface area contributed by atoms with Crippen LogP contribution in [-0.4, -0.2) is 46.6 Å². The maximum atomic E-state index is 12.1. The first-order valence-electron chi connectivity index (χ1n) is 6.74. The van der Waals surface area contributed by atoms with E-state index in [4.69, 9.17) is 16.3 Å². The first-order chi connectivity index (χ1) is 11.1. The summed E-state index contributed by atoms with van der Waals surface area (Å²) in [5.74, 6) is 0.306. The van der Waals surface area contributed by atoms with Crippen LogP contribution in [0, 0.1) is 0 Å². The molecular formula is C13H16ClN5O2S2. The molecule has 0 aliphatic heterocycles. The summed E-state index contributed by atoms with van der Waals surface area (Å²) < 4.78 is 5.67. The van der Waals surface area contributed by atoms with Crippen LogP contribution in [0.4, 0.5) is 10.9 Å². The monoisotopic (exact) mass is 373 g/mol. The highest BCUT2D eigenvalue weighted by molar-refractivity contribution is 8.02. The minimum absolute atomic E-state index is 0.158. The minimum atomic E-state index is -0.327. The zero-order valence-corrected chi connectivity index (χ0v) is 15.0. The van der Waals surface area contributed by atoms with Crippen LogP contribution in [-0.2, 0) is 9.53 Å². The van der Waals surface area contributed by atoms with Gasteiger partial charge in [-0.1, -0.05) is 34.7 Å². The second kappa shape index (κ2) is 9.02. The summed E-state index contributed by atoms with van der Waals surface area (Å²) in [7, 11) is 1.64. The molecule has 124 valence electrons. The van der Waals surface area contributed by atoms with Crippen molar-refractivity contribution in [3.8, 4) is 0 Å². The van der Waals surface area contributed by atoms with Gasteiger partial charge in [0.05, 0.1) is 16.9 Å².